The molecule has 1 N–H and O–H groups in total. The first-order chi connectivity index (χ1) is 13.3. The number of hydrogen-bond acceptors (Lipinski definition) is 4. The maximum Gasteiger partial charge on any atom is 0.417 e. The molecule has 0 unspecified atom stereocenters. The Balaban J connectivity index is 2.09. The van der Waals surface area contributed by atoms with E-state index in [4.69, 9.17) is 16.7 Å². The van der Waals surface area contributed by atoms with Gasteiger partial charge in [-0.2, -0.15) is 13.2 Å². The topological polar surface area (TPSA) is 57.6 Å². The molecule has 1 heterocycles. The fourth-order valence-corrected chi connectivity index (χ4v) is 3.84. The summed E-state index contributed by atoms with van der Waals surface area (Å²) >= 11 is 6.61. The summed E-state index contributed by atoms with van der Waals surface area (Å²) in [6.45, 7) is -0.225. The van der Waals surface area contributed by atoms with Crippen molar-refractivity contribution in [2.45, 2.75) is 6.18 Å². The van der Waals surface area contributed by atoms with E-state index in [0.29, 0.717) is 16.5 Å². The molecule has 0 aliphatic carbocycles. The highest BCUT2D eigenvalue weighted by Gasteiger charge is 2.41. The highest BCUT2D eigenvalue weighted by atomic mass is 35.5. The van der Waals surface area contributed by atoms with Gasteiger partial charge in [-0.1, -0.05) is 41.9 Å². The quantitative estimate of drug-likeness (QED) is 0.720. The Morgan fingerprint density at radius 1 is 1.04 bits per heavy atom. The summed E-state index contributed by atoms with van der Waals surface area (Å²) < 4.78 is 39.5. The number of alkyl halides is 3. The van der Waals surface area contributed by atoms with Crippen LogP contribution in [0.5, 0.6) is 0 Å². The van der Waals surface area contributed by atoms with Gasteiger partial charge in [-0.25, -0.2) is 4.90 Å². The zero-order chi connectivity index (χ0) is 20.5. The van der Waals surface area contributed by atoms with Crippen molar-refractivity contribution in [2.24, 2.45) is 0 Å². The predicted octanol–water partition coefficient (Wildman–Crippen LogP) is 4.37. The number of amides is 2. The van der Waals surface area contributed by atoms with Crippen molar-refractivity contribution < 1.29 is 27.9 Å². The number of aliphatic hydroxyl groups excluding tert-OH is 1. The first-order valence-corrected chi connectivity index (χ1v) is 9.41. The van der Waals surface area contributed by atoms with E-state index in [0.717, 1.165) is 17.8 Å². The van der Waals surface area contributed by atoms with E-state index >= 15 is 0 Å². The van der Waals surface area contributed by atoms with Gasteiger partial charge in [-0.3, -0.25) is 9.59 Å². The molecule has 1 aliphatic rings. The number of anilines is 1. The summed E-state index contributed by atoms with van der Waals surface area (Å²) in [5.41, 5.74) is -0.800. The van der Waals surface area contributed by atoms with E-state index in [-0.39, 0.29) is 28.5 Å². The van der Waals surface area contributed by atoms with Crippen LogP contribution < -0.4 is 4.90 Å². The number of benzene rings is 2. The van der Waals surface area contributed by atoms with Gasteiger partial charge in [0.1, 0.15) is 0 Å². The summed E-state index contributed by atoms with van der Waals surface area (Å²) in [5, 5.41) is 8.56. The van der Waals surface area contributed by atoms with Gasteiger partial charge in [0.2, 0.25) is 0 Å². The largest absolute Gasteiger partial charge is 0.417 e. The van der Waals surface area contributed by atoms with Crippen LogP contribution in [0.15, 0.2) is 53.4 Å². The number of imide groups is 1. The van der Waals surface area contributed by atoms with Crippen LogP contribution in [0.3, 0.4) is 0 Å². The molecule has 3 rings (SSSR count). The van der Waals surface area contributed by atoms with Gasteiger partial charge in [0.15, 0.2) is 0 Å². The summed E-state index contributed by atoms with van der Waals surface area (Å²) in [7, 11) is 0. The molecule has 0 fully saturated rings. The average Bonchev–Trinajstić information content (AvgIpc) is 2.90. The lowest BCUT2D eigenvalue weighted by molar-refractivity contribution is -0.137. The first kappa shape index (κ1) is 20.4. The number of hydrogen-bond donors (Lipinski definition) is 1. The van der Waals surface area contributed by atoms with Gasteiger partial charge in [0, 0.05) is 5.75 Å². The highest BCUT2D eigenvalue weighted by Crippen LogP contribution is 2.41. The molecule has 2 aromatic carbocycles. The SMILES string of the molecule is O=C1C(SCCO)=C(c2ccccc2)C(=O)N1c1ccc(Cl)c(C(F)(F)F)c1. The van der Waals surface area contributed by atoms with Crippen LogP contribution in [-0.4, -0.2) is 29.3 Å². The van der Waals surface area contributed by atoms with E-state index in [2.05, 4.69) is 0 Å². The van der Waals surface area contributed by atoms with Crippen LogP contribution in [0, 0.1) is 0 Å². The zero-order valence-corrected chi connectivity index (χ0v) is 15.7. The van der Waals surface area contributed by atoms with Crippen molar-refractivity contribution in [1.29, 1.82) is 0 Å². The fourth-order valence-electron chi connectivity index (χ4n) is 2.75. The van der Waals surface area contributed by atoms with Crippen LogP contribution in [-0.2, 0) is 15.8 Å². The number of rotatable bonds is 5. The Hall–Kier alpha value is -2.29. The second-order valence-electron chi connectivity index (χ2n) is 5.75. The zero-order valence-electron chi connectivity index (χ0n) is 14.2. The normalized spacial score (nSPS) is 15.0. The fraction of sp³-hybridized carbons (Fsp3) is 0.158. The van der Waals surface area contributed by atoms with E-state index in [1.54, 1.807) is 30.3 Å². The van der Waals surface area contributed by atoms with Crippen LogP contribution in [0.4, 0.5) is 18.9 Å². The first-order valence-electron chi connectivity index (χ1n) is 8.04. The minimum absolute atomic E-state index is 0.0776. The van der Waals surface area contributed by atoms with Crippen molar-refractivity contribution >= 4 is 46.4 Å². The molecule has 0 saturated carbocycles. The minimum Gasteiger partial charge on any atom is -0.396 e. The molecule has 4 nitrogen and oxygen atoms in total. The minimum atomic E-state index is -4.73. The molecule has 0 radical (unpaired) electrons. The molecular weight excluding hydrogens is 415 g/mol. The van der Waals surface area contributed by atoms with Crippen LogP contribution >= 0.6 is 23.4 Å². The number of aliphatic hydroxyl groups is 1. The number of nitrogens with zero attached hydrogens (tertiary/aromatic N) is 1. The molecule has 0 spiro atoms. The monoisotopic (exact) mass is 427 g/mol. The second-order valence-corrected chi connectivity index (χ2v) is 7.26. The molecule has 2 aromatic rings. The Kier molecular flexibility index (Phi) is 5.83. The van der Waals surface area contributed by atoms with Gasteiger partial charge >= 0.3 is 6.18 Å². The third-order valence-corrected chi connectivity index (χ3v) is 5.34. The van der Waals surface area contributed by atoms with Gasteiger partial charge in [0.05, 0.1) is 33.4 Å². The lowest BCUT2D eigenvalue weighted by atomic mass is 10.1. The van der Waals surface area contributed by atoms with Crippen LogP contribution in [0.2, 0.25) is 5.02 Å². The number of thioether (sulfide) groups is 1. The molecular formula is C19H13ClF3NO3S. The Morgan fingerprint density at radius 3 is 2.32 bits per heavy atom. The van der Waals surface area contributed by atoms with Gasteiger partial charge in [-0.15, -0.1) is 11.8 Å². The van der Waals surface area contributed by atoms with Crippen molar-refractivity contribution in [3.8, 4) is 0 Å². The summed E-state index contributed by atoms with van der Waals surface area (Å²) in [6.07, 6.45) is -4.73. The van der Waals surface area contributed by atoms with Crippen LogP contribution in [0.25, 0.3) is 5.57 Å². The lowest BCUT2D eigenvalue weighted by Crippen LogP contribution is -2.31. The third kappa shape index (κ3) is 3.80. The molecule has 1 aliphatic heterocycles. The standard InChI is InChI=1S/C19H13ClF3NO3S/c20-14-7-6-12(10-13(14)19(21,22)23)24-17(26)15(11-4-2-1-3-5-11)16(18(24)27)28-9-8-25/h1-7,10,25H,8-9H2. The average molecular weight is 428 g/mol. The molecule has 0 aromatic heterocycles. The molecule has 0 atom stereocenters. The third-order valence-electron chi connectivity index (χ3n) is 3.96. The number of halogens is 4. The summed E-state index contributed by atoms with van der Waals surface area (Å²) in [5.74, 6) is -1.31. The van der Waals surface area contributed by atoms with Gasteiger partial charge in [0.25, 0.3) is 11.8 Å². The number of carbonyl (C=O) groups excluding carboxylic acids is 2. The van der Waals surface area contributed by atoms with Crippen molar-refractivity contribution in [3.63, 3.8) is 0 Å². The lowest BCUT2D eigenvalue weighted by Gasteiger charge is -2.18. The second kappa shape index (κ2) is 7.98. The number of carbonyl (C=O) groups is 2. The van der Waals surface area contributed by atoms with E-state index in [1.807, 2.05) is 0 Å². The van der Waals surface area contributed by atoms with E-state index < -0.39 is 28.6 Å². The predicted molar refractivity (Wildman–Crippen MR) is 102 cm³/mol. The molecule has 0 bridgehead atoms. The molecule has 2 amide bonds. The molecule has 0 saturated heterocycles. The smallest absolute Gasteiger partial charge is 0.396 e. The maximum absolute atomic E-state index is 13.2. The molecule has 9 heteroatoms. The Bertz CT molecular complexity index is 961. The highest BCUT2D eigenvalue weighted by molar-refractivity contribution is 8.04. The Labute approximate surface area is 167 Å². The summed E-state index contributed by atoms with van der Waals surface area (Å²) in [6, 6.07) is 11.2. The van der Waals surface area contributed by atoms with E-state index in [1.165, 1.54) is 6.07 Å². The Morgan fingerprint density at radius 2 is 1.71 bits per heavy atom. The molecule has 28 heavy (non-hydrogen) atoms. The van der Waals surface area contributed by atoms with Crippen molar-refractivity contribution in [2.75, 3.05) is 17.3 Å². The maximum atomic E-state index is 13.2. The van der Waals surface area contributed by atoms with Crippen LogP contribution in [0.1, 0.15) is 11.1 Å². The van der Waals surface area contributed by atoms with Gasteiger partial charge < -0.3 is 5.11 Å². The molecule has 146 valence electrons. The van der Waals surface area contributed by atoms with E-state index in [9.17, 15) is 22.8 Å². The van der Waals surface area contributed by atoms with Gasteiger partial charge in [-0.05, 0) is 23.8 Å². The summed E-state index contributed by atoms with van der Waals surface area (Å²) in [4.78, 5) is 26.7. The van der Waals surface area contributed by atoms with Crippen molar-refractivity contribution in [1.82, 2.24) is 0 Å². The van der Waals surface area contributed by atoms with Crippen molar-refractivity contribution in [3.05, 3.63) is 69.6 Å².